The molecular formula is C13H19ClN4O. The monoisotopic (exact) mass is 282 g/mol. The maximum Gasteiger partial charge on any atom is 0.130 e. The summed E-state index contributed by atoms with van der Waals surface area (Å²) in [5, 5.41) is 0.521. The molecule has 1 aromatic rings. The van der Waals surface area contributed by atoms with Gasteiger partial charge in [-0.15, -0.1) is 0 Å². The van der Waals surface area contributed by atoms with Gasteiger partial charge in [0.2, 0.25) is 0 Å². The summed E-state index contributed by atoms with van der Waals surface area (Å²) < 4.78 is 5.40. The molecule has 0 aromatic carbocycles. The van der Waals surface area contributed by atoms with Crippen molar-refractivity contribution in [1.82, 2.24) is 9.88 Å². The van der Waals surface area contributed by atoms with Gasteiger partial charge in [-0.3, -0.25) is 4.90 Å². The van der Waals surface area contributed by atoms with Crippen molar-refractivity contribution in [1.29, 1.82) is 0 Å². The topological polar surface area (TPSA) is 54.6 Å². The van der Waals surface area contributed by atoms with E-state index in [9.17, 15) is 0 Å². The van der Waals surface area contributed by atoms with Crippen molar-refractivity contribution in [3.8, 4) is 0 Å². The van der Waals surface area contributed by atoms with Gasteiger partial charge in [0, 0.05) is 44.5 Å². The number of nitrogen functional groups attached to an aromatic ring is 1. The lowest BCUT2D eigenvalue weighted by molar-refractivity contribution is 0.0209. The Labute approximate surface area is 118 Å². The molecule has 2 saturated heterocycles. The maximum absolute atomic E-state index is 5.91. The molecule has 2 aliphatic heterocycles. The quantitative estimate of drug-likeness (QED) is 0.884. The van der Waals surface area contributed by atoms with E-state index in [0.29, 0.717) is 16.8 Å². The minimum atomic E-state index is 0.521. The van der Waals surface area contributed by atoms with Gasteiger partial charge in [0.1, 0.15) is 5.82 Å². The molecule has 6 heteroatoms. The Hall–Kier alpha value is -1.04. The van der Waals surface area contributed by atoms with Crippen molar-refractivity contribution in [2.24, 2.45) is 0 Å². The highest BCUT2D eigenvalue weighted by molar-refractivity contribution is 6.32. The number of rotatable bonds is 2. The number of nitrogens with zero attached hydrogens (tertiary/aromatic N) is 3. The molecule has 1 aromatic heterocycles. The van der Waals surface area contributed by atoms with E-state index in [0.717, 1.165) is 45.2 Å². The molecule has 3 rings (SSSR count). The van der Waals surface area contributed by atoms with Gasteiger partial charge >= 0.3 is 0 Å². The minimum Gasteiger partial charge on any atom is -0.397 e. The van der Waals surface area contributed by atoms with E-state index in [-0.39, 0.29) is 0 Å². The third kappa shape index (κ3) is 2.78. The van der Waals surface area contributed by atoms with Gasteiger partial charge in [0.25, 0.3) is 0 Å². The Morgan fingerprint density at radius 2 is 2.11 bits per heavy atom. The predicted molar refractivity (Wildman–Crippen MR) is 76.7 cm³/mol. The van der Waals surface area contributed by atoms with Gasteiger partial charge in [0.05, 0.1) is 23.9 Å². The number of pyridine rings is 1. The molecule has 2 aliphatic rings. The summed E-state index contributed by atoms with van der Waals surface area (Å²) in [5.74, 6) is 0.928. The fourth-order valence-corrected chi connectivity index (χ4v) is 2.91. The first-order valence-electron chi connectivity index (χ1n) is 6.72. The van der Waals surface area contributed by atoms with E-state index < -0.39 is 0 Å². The zero-order valence-electron chi connectivity index (χ0n) is 10.9. The first-order valence-corrected chi connectivity index (χ1v) is 7.09. The summed E-state index contributed by atoms with van der Waals surface area (Å²) >= 11 is 5.91. The van der Waals surface area contributed by atoms with E-state index in [1.165, 1.54) is 6.42 Å². The number of morpholine rings is 1. The largest absolute Gasteiger partial charge is 0.397 e. The summed E-state index contributed by atoms with van der Waals surface area (Å²) in [6.45, 7) is 5.80. The lowest BCUT2D eigenvalue weighted by Gasteiger charge is -2.32. The Balaban J connectivity index is 1.66. The minimum absolute atomic E-state index is 0.521. The Bertz CT molecular complexity index is 450. The second-order valence-corrected chi connectivity index (χ2v) is 5.51. The zero-order chi connectivity index (χ0) is 13.2. The third-order valence-electron chi connectivity index (χ3n) is 3.92. The molecule has 5 nitrogen and oxygen atoms in total. The highest BCUT2D eigenvalue weighted by Crippen LogP contribution is 2.26. The Kier molecular flexibility index (Phi) is 3.77. The van der Waals surface area contributed by atoms with Gasteiger partial charge < -0.3 is 15.4 Å². The van der Waals surface area contributed by atoms with E-state index in [1.807, 2.05) is 6.07 Å². The van der Waals surface area contributed by atoms with Crippen LogP contribution in [0.25, 0.3) is 0 Å². The number of halogens is 1. The fourth-order valence-electron chi connectivity index (χ4n) is 2.81. The van der Waals surface area contributed by atoms with Crippen LogP contribution in [0.5, 0.6) is 0 Å². The van der Waals surface area contributed by atoms with Gasteiger partial charge in [0.15, 0.2) is 0 Å². The lowest BCUT2D eigenvalue weighted by atomic mass is 10.2. The summed E-state index contributed by atoms with van der Waals surface area (Å²) in [6, 6.07) is 2.46. The molecule has 0 bridgehead atoms. The van der Waals surface area contributed by atoms with Gasteiger partial charge in [-0.2, -0.15) is 0 Å². The van der Waals surface area contributed by atoms with Crippen LogP contribution >= 0.6 is 11.6 Å². The first kappa shape index (κ1) is 13.0. The SMILES string of the molecule is Nc1cc(N2CCC(N3CCOCC3)C2)ncc1Cl. The van der Waals surface area contributed by atoms with Gasteiger partial charge in [-0.25, -0.2) is 4.98 Å². The molecule has 19 heavy (non-hydrogen) atoms. The van der Waals surface area contributed by atoms with Crippen molar-refractivity contribution in [3.63, 3.8) is 0 Å². The van der Waals surface area contributed by atoms with E-state index in [4.69, 9.17) is 22.1 Å². The molecule has 0 radical (unpaired) electrons. The van der Waals surface area contributed by atoms with Crippen LogP contribution in [-0.2, 0) is 4.74 Å². The maximum atomic E-state index is 5.91. The number of hydrogen-bond acceptors (Lipinski definition) is 5. The van der Waals surface area contributed by atoms with Crippen LogP contribution in [0.15, 0.2) is 12.3 Å². The molecule has 2 fully saturated rings. The third-order valence-corrected chi connectivity index (χ3v) is 4.24. The van der Waals surface area contributed by atoms with Crippen molar-refractivity contribution in [2.45, 2.75) is 12.5 Å². The van der Waals surface area contributed by atoms with Crippen LogP contribution in [-0.4, -0.2) is 55.3 Å². The summed E-state index contributed by atoms with van der Waals surface area (Å²) in [5.41, 5.74) is 6.44. The van der Waals surface area contributed by atoms with Crippen LogP contribution in [0, 0.1) is 0 Å². The molecule has 104 valence electrons. The number of hydrogen-bond donors (Lipinski definition) is 1. The van der Waals surface area contributed by atoms with Crippen molar-refractivity contribution in [3.05, 3.63) is 17.3 Å². The number of anilines is 2. The molecule has 0 spiro atoms. The van der Waals surface area contributed by atoms with Crippen molar-refractivity contribution < 1.29 is 4.74 Å². The second-order valence-electron chi connectivity index (χ2n) is 5.10. The summed E-state index contributed by atoms with van der Waals surface area (Å²) in [4.78, 5) is 9.17. The van der Waals surface area contributed by atoms with Crippen LogP contribution in [0.2, 0.25) is 5.02 Å². The molecule has 0 aliphatic carbocycles. The van der Waals surface area contributed by atoms with E-state index in [1.54, 1.807) is 6.20 Å². The molecule has 1 atom stereocenters. The second kappa shape index (κ2) is 5.53. The standard InChI is InChI=1S/C13H19ClN4O/c14-11-8-16-13(7-12(11)15)18-2-1-10(9-18)17-3-5-19-6-4-17/h7-8,10H,1-6,9H2,(H2,15,16). The molecule has 0 amide bonds. The number of ether oxygens (including phenoxy) is 1. The van der Waals surface area contributed by atoms with Crippen LogP contribution in [0.3, 0.4) is 0 Å². The Morgan fingerprint density at radius 1 is 1.32 bits per heavy atom. The predicted octanol–water partition coefficient (Wildman–Crippen LogP) is 1.23. The lowest BCUT2D eigenvalue weighted by Crippen LogP contribution is -2.44. The van der Waals surface area contributed by atoms with Crippen molar-refractivity contribution in [2.75, 3.05) is 50.0 Å². The zero-order valence-corrected chi connectivity index (χ0v) is 11.6. The average Bonchev–Trinajstić information content (AvgIpc) is 2.93. The van der Waals surface area contributed by atoms with Gasteiger partial charge in [-0.1, -0.05) is 11.6 Å². The van der Waals surface area contributed by atoms with Crippen LogP contribution in [0.4, 0.5) is 11.5 Å². The normalized spacial score (nSPS) is 24.9. The molecule has 1 unspecified atom stereocenters. The van der Waals surface area contributed by atoms with E-state index >= 15 is 0 Å². The molecule has 3 heterocycles. The molecule has 0 saturated carbocycles. The van der Waals surface area contributed by atoms with Gasteiger partial charge in [-0.05, 0) is 6.42 Å². The molecule has 2 N–H and O–H groups in total. The van der Waals surface area contributed by atoms with Crippen LogP contribution in [0.1, 0.15) is 6.42 Å². The first-order chi connectivity index (χ1) is 9.24. The highest BCUT2D eigenvalue weighted by atomic mass is 35.5. The Morgan fingerprint density at radius 3 is 2.84 bits per heavy atom. The molecular weight excluding hydrogens is 264 g/mol. The summed E-state index contributed by atoms with van der Waals surface area (Å²) in [6.07, 6.45) is 2.80. The number of nitrogens with two attached hydrogens (primary N) is 1. The van der Waals surface area contributed by atoms with E-state index in [2.05, 4.69) is 14.8 Å². The van der Waals surface area contributed by atoms with Crippen molar-refractivity contribution >= 4 is 23.1 Å². The summed E-state index contributed by atoms with van der Waals surface area (Å²) in [7, 11) is 0. The number of aromatic nitrogens is 1. The average molecular weight is 283 g/mol. The smallest absolute Gasteiger partial charge is 0.130 e. The fraction of sp³-hybridized carbons (Fsp3) is 0.615. The highest BCUT2D eigenvalue weighted by Gasteiger charge is 2.29. The van der Waals surface area contributed by atoms with Crippen LogP contribution < -0.4 is 10.6 Å².